The summed E-state index contributed by atoms with van der Waals surface area (Å²) >= 11 is 1.28. The van der Waals surface area contributed by atoms with E-state index in [-0.39, 0.29) is 16.3 Å². The van der Waals surface area contributed by atoms with Crippen molar-refractivity contribution in [3.63, 3.8) is 0 Å². The van der Waals surface area contributed by atoms with E-state index >= 15 is 0 Å². The van der Waals surface area contributed by atoms with Gasteiger partial charge < -0.3 is 5.73 Å². The monoisotopic (exact) mass is 270 g/mol. The Kier molecular flexibility index (Phi) is 4.22. The van der Waals surface area contributed by atoms with Crippen molar-refractivity contribution in [3.05, 3.63) is 29.3 Å². The average Bonchev–Trinajstić information content (AvgIpc) is 2.34. The minimum absolute atomic E-state index is 0.0619. The highest BCUT2D eigenvalue weighted by atomic mass is 32.2. The van der Waals surface area contributed by atoms with Gasteiger partial charge >= 0.3 is 0 Å². The van der Waals surface area contributed by atoms with E-state index in [9.17, 15) is 8.78 Å². The smallest absolute Gasteiger partial charge is 0.140 e. The topological polar surface area (TPSA) is 49.9 Å². The minimum atomic E-state index is -0.615. The summed E-state index contributed by atoms with van der Waals surface area (Å²) in [4.78, 5) is 0.0619. The van der Waals surface area contributed by atoms with Gasteiger partial charge in [0.15, 0.2) is 0 Å². The molecular formula is C13H16F2N2S. The summed E-state index contributed by atoms with van der Waals surface area (Å²) < 4.78 is 27.6. The molecule has 0 spiro atoms. The van der Waals surface area contributed by atoms with Gasteiger partial charge in [0.05, 0.1) is 4.90 Å². The number of rotatable bonds is 3. The molecule has 1 aromatic rings. The van der Waals surface area contributed by atoms with E-state index in [2.05, 4.69) is 0 Å². The zero-order valence-electron chi connectivity index (χ0n) is 10.0. The second kappa shape index (κ2) is 5.69. The Morgan fingerprint density at radius 3 is 2.22 bits per heavy atom. The average molecular weight is 270 g/mol. The quantitative estimate of drug-likeness (QED) is 0.650. The van der Waals surface area contributed by atoms with Crippen LogP contribution in [0.2, 0.25) is 0 Å². The van der Waals surface area contributed by atoms with E-state index in [4.69, 9.17) is 11.1 Å². The van der Waals surface area contributed by atoms with Gasteiger partial charge in [0, 0.05) is 10.8 Å². The van der Waals surface area contributed by atoms with Crippen LogP contribution in [0.4, 0.5) is 8.78 Å². The Balaban J connectivity index is 2.19. The Morgan fingerprint density at radius 2 is 1.72 bits per heavy atom. The molecule has 18 heavy (non-hydrogen) atoms. The number of nitrogens with two attached hydrogens (primary N) is 1. The third-order valence-corrected chi connectivity index (χ3v) is 4.58. The molecule has 1 aliphatic carbocycles. The van der Waals surface area contributed by atoms with Crippen molar-refractivity contribution in [1.29, 1.82) is 5.41 Å². The highest BCUT2D eigenvalue weighted by Crippen LogP contribution is 2.36. The first-order chi connectivity index (χ1) is 8.58. The van der Waals surface area contributed by atoms with Crippen molar-refractivity contribution in [3.8, 4) is 0 Å². The van der Waals surface area contributed by atoms with E-state index in [0.29, 0.717) is 5.25 Å². The Hall–Kier alpha value is -1.10. The standard InChI is InChI=1S/C13H16F2N2S/c14-10-6-8(13(16)17)7-11(15)12(10)18-9-4-2-1-3-5-9/h6-7,9H,1-5H2,(H3,16,17). The maximum Gasteiger partial charge on any atom is 0.140 e. The lowest BCUT2D eigenvalue weighted by molar-refractivity contribution is 0.509. The molecule has 0 radical (unpaired) electrons. The third-order valence-electron chi connectivity index (χ3n) is 3.15. The summed E-state index contributed by atoms with van der Waals surface area (Å²) in [6, 6.07) is 2.27. The number of benzene rings is 1. The van der Waals surface area contributed by atoms with Gasteiger partial charge in [-0.15, -0.1) is 11.8 Å². The molecule has 3 N–H and O–H groups in total. The molecule has 1 aromatic carbocycles. The van der Waals surface area contributed by atoms with Crippen LogP contribution >= 0.6 is 11.8 Å². The van der Waals surface area contributed by atoms with E-state index in [1.54, 1.807) is 0 Å². The van der Waals surface area contributed by atoms with Crippen LogP contribution in [0.5, 0.6) is 0 Å². The SMILES string of the molecule is N=C(N)c1cc(F)c(SC2CCCCC2)c(F)c1. The van der Waals surface area contributed by atoms with Crippen LogP contribution in [0.3, 0.4) is 0 Å². The van der Waals surface area contributed by atoms with Crippen LogP contribution < -0.4 is 5.73 Å². The Labute approximate surface area is 109 Å². The van der Waals surface area contributed by atoms with Crippen LogP contribution in [0, 0.1) is 17.0 Å². The number of thioether (sulfide) groups is 1. The molecular weight excluding hydrogens is 254 g/mol. The number of halogens is 2. The summed E-state index contributed by atoms with van der Waals surface area (Å²) in [5.74, 6) is -1.55. The Bertz CT molecular complexity index is 433. The molecule has 2 rings (SSSR count). The second-order valence-corrected chi connectivity index (χ2v) is 5.87. The van der Waals surface area contributed by atoms with E-state index < -0.39 is 11.6 Å². The van der Waals surface area contributed by atoms with Crippen molar-refractivity contribution in [2.45, 2.75) is 42.2 Å². The molecule has 5 heteroatoms. The Morgan fingerprint density at radius 1 is 1.17 bits per heavy atom. The first-order valence-electron chi connectivity index (χ1n) is 6.08. The van der Waals surface area contributed by atoms with Crippen molar-refractivity contribution < 1.29 is 8.78 Å². The molecule has 1 aliphatic rings. The molecule has 2 nitrogen and oxygen atoms in total. The van der Waals surface area contributed by atoms with E-state index in [1.807, 2.05) is 0 Å². The zero-order chi connectivity index (χ0) is 13.1. The van der Waals surface area contributed by atoms with Gasteiger partial charge in [-0.2, -0.15) is 0 Å². The van der Waals surface area contributed by atoms with E-state index in [0.717, 1.165) is 37.8 Å². The molecule has 0 heterocycles. The number of nitrogens with one attached hydrogen (secondary N) is 1. The van der Waals surface area contributed by atoms with Crippen LogP contribution in [0.1, 0.15) is 37.7 Å². The van der Waals surface area contributed by atoms with Gasteiger partial charge in [-0.05, 0) is 25.0 Å². The van der Waals surface area contributed by atoms with Gasteiger partial charge in [-0.3, -0.25) is 5.41 Å². The van der Waals surface area contributed by atoms with Crippen molar-refractivity contribution in [2.75, 3.05) is 0 Å². The highest BCUT2D eigenvalue weighted by molar-refractivity contribution is 8.00. The lowest BCUT2D eigenvalue weighted by Crippen LogP contribution is -2.13. The van der Waals surface area contributed by atoms with Crippen molar-refractivity contribution >= 4 is 17.6 Å². The number of amidine groups is 1. The third kappa shape index (κ3) is 3.02. The van der Waals surface area contributed by atoms with Gasteiger partial charge in [0.2, 0.25) is 0 Å². The molecule has 0 aliphatic heterocycles. The van der Waals surface area contributed by atoms with Gasteiger partial charge in [0.1, 0.15) is 17.5 Å². The number of hydrogen-bond donors (Lipinski definition) is 2. The summed E-state index contributed by atoms with van der Waals surface area (Å²) in [6.45, 7) is 0. The minimum Gasteiger partial charge on any atom is -0.384 e. The second-order valence-electron chi connectivity index (χ2n) is 4.56. The maximum atomic E-state index is 13.8. The number of nitrogen functional groups attached to an aromatic ring is 1. The molecule has 0 bridgehead atoms. The van der Waals surface area contributed by atoms with Gasteiger partial charge in [0.25, 0.3) is 0 Å². The first kappa shape index (κ1) is 13.3. The molecule has 0 unspecified atom stereocenters. The normalized spacial score (nSPS) is 16.8. The molecule has 98 valence electrons. The largest absolute Gasteiger partial charge is 0.384 e. The number of hydrogen-bond acceptors (Lipinski definition) is 2. The van der Waals surface area contributed by atoms with Gasteiger partial charge in [-0.25, -0.2) is 8.78 Å². The summed E-state index contributed by atoms with van der Waals surface area (Å²) in [5.41, 5.74) is 5.32. The molecule has 1 saturated carbocycles. The molecule has 0 aromatic heterocycles. The predicted molar refractivity (Wildman–Crippen MR) is 70.1 cm³/mol. The first-order valence-corrected chi connectivity index (χ1v) is 6.96. The lowest BCUT2D eigenvalue weighted by Gasteiger charge is -2.21. The summed E-state index contributed by atoms with van der Waals surface area (Å²) in [7, 11) is 0. The van der Waals surface area contributed by atoms with E-state index in [1.165, 1.54) is 18.2 Å². The van der Waals surface area contributed by atoms with Crippen LogP contribution in [-0.2, 0) is 0 Å². The molecule has 0 atom stereocenters. The lowest BCUT2D eigenvalue weighted by atomic mass is 10.0. The fourth-order valence-corrected chi connectivity index (χ4v) is 3.42. The van der Waals surface area contributed by atoms with Crippen LogP contribution in [0.15, 0.2) is 17.0 Å². The maximum absolute atomic E-state index is 13.8. The molecule has 0 saturated heterocycles. The molecule has 1 fully saturated rings. The van der Waals surface area contributed by atoms with Crippen molar-refractivity contribution in [1.82, 2.24) is 0 Å². The summed E-state index contributed by atoms with van der Waals surface area (Å²) in [6.07, 6.45) is 5.50. The fourth-order valence-electron chi connectivity index (χ4n) is 2.18. The van der Waals surface area contributed by atoms with Crippen LogP contribution in [-0.4, -0.2) is 11.1 Å². The summed E-state index contributed by atoms with van der Waals surface area (Å²) in [5, 5.41) is 7.49. The molecule has 0 amide bonds. The van der Waals surface area contributed by atoms with Crippen molar-refractivity contribution in [2.24, 2.45) is 5.73 Å². The van der Waals surface area contributed by atoms with Gasteiger partial charge in [-0.1, -0.05) is 19.3 Å². The highest BCUT2D eigenvalue weighted by Gasteiger charge is 2.20. The zero-order valence-corrected chi connectivity index (χ0v) is 10.8. The van der Waals surface area contributed by atoms with Crippen LogP contribution in [0.25, 0.3) is 0 Å². The fraction of sp³-hybridized carbons (Fsp3) is 0.462. The predicted octanol–water partition coefficient (Wildman–Crippen LogP) is 3.67.